The van der Waals surface area contributed by atoms with Gasteiger partial charge < -0.3 is 15.4 Å². The molecule has 27 heavy (non-hydrogen) atoms. The number of carbonyl (C=O) groups is 3. The van der Waals surface area contributed by atoms with Crippen molar-refractivity contribution in [3.05, 3.63) is 64.7 Å². The first-order valence-corrected chi connectivity index (χ1v) is 8.02. The van der Waals surface area contributed by atoms with Crippen LogP contribution in [0.2, 0.25) is 0 Å². The molecule has 0 heterocycles. The Hall–Kier alpha value is -3.29. The topological polar surface area (TPSA) is 84.5 Å². The summed E-state index contributed by atoms with van der Waals surface area (Å²) in [6.07, 6.45) is 0. The van der Waals surface area contributed by atoms with Crippen LogP contribution >= 0.6 is 0 Å². The molecule has 0 unspecified atom stereocenters. The number of hydrogen-bond acceptors (Lipinski definition) is 4. The standard InChI is InChI=1S/C19H18F2N2O4/c1-11-3-4-13(7-12(11)2)19(26)22-9-18(25)27-10-17(24)23-16-6-5-14(20)8-15(16)21/h3-8H,9-10H2,1-2H3,(H,22,26)(H,23,24). The first-order valence-electron chi connectivity index (χ1n) is 8.02. The monoisotopic (exact) mass is 376 g/mol. The SMILES string of the molecule is Cc1ccc(C(=O)NCC(=O)OCC(=O)Nc2ccc(F)cc2F)cc1C. The summed E-state index contributed by atoms with van der Waals surface area (Å²) < 4.78 is 30.9. The molecule has 2 aromatic carbocycles. The van der Waals surface area contributed by atoms with E-state index < -0.39 is 42.6 Å². The summed E-state index contributed by atoms with van der Waals surface area (Å²) >= 11 is 0. The van der Waals surface area contributed by atoms with Gasteiger partial charge in [0, 0.05) is 11.6 Å². The van der Waals surface area contributed by atoms with Crippen LogP contribution in [0.3, 0.4) is 0 Å². The summed E-state index contributed by atoms with van der Waals surface area (Å²) in [5.74, 6) is -3.81. The second-order valence-electron chi connectivity index (χ2n) is 5.81. The van der Waals surface area contributed by atoms with E-state index in [1.54, 1.807) is 18.2 Å². The largest absolute Gasteiger partial charge is 0.454 e. The molecule has 142 valence electrons. The van der Waals surface area contributed by atoms with Gasteiger partial charge in [0.25, 0.3) is 11.8 Å². The number of hydrogen-bond donors (Lipinski definition) is 2. The predicted molar refractivity (Wildman–Crippen MR) is 94.2 cm³/mol. The van der Waals surface area contributed by atoms with Crippen LogP contribution in [0.25, 0.3) is 0 Å². The van der Waals surface area contributed by atoms with Gasteiger partial charge in [0.15, 0.2) is 6.61 Å². The van der Waals surface area contributed by atoms with Crippen LogP contribution in [0, 0.1) is 25.5 Å². The molecule has 0 aliphatic carbocycles. The normalized spacial score (nSPS) is 10.2. The van der Waals surface area contributed by atoms with E-state index in [1.807, 2.05) is 13.8 Å². The molecule has 0 radical (unpaired) electrons. The van der Waals surface area contributed by atoms with Crippen molar-refractivity contribution in [3.63, 3.8) is 0 Å². The van der Waals surface area contributed by atoms with Crippen LogP contribution in [0.5, 0.6) is 0 Å². The number of ether oxygens (including phenoxy) is 1. The minimum atomic E-state index is -0.949. The van der Waals surface area contributed by atoms with E-state index in [2.05, 4.69) is 10.6 Å². The average molecular weight is 376 g/mol. The molecular weight excluding hydrogens is 358 g/mol. The summed E-state index contributed by atoms with van der Waals surface area (Å²) in [7, 11) is 0. The molecule has 0 spiro atoms. The van der Waals surface area contributed by atoms with Crippen molar-refractivity contribution in [2.75, 3.05) is 18.5 Å². The molecule has 0 aromatic heterocycles. The van der Waals surface area contributed by atoms with Gasteiger partial charge in [-0.25, -0.2) is 8.78 Å². The van der Waals surface area contributed by atoms with Crippen LogP contribution < -0.4 is 10.6 Å². The number of amides is 2. The van der Waals surface area contributed by atoms with Crippen LogP contribution in [-0.2, 0) is 14.3 Å². The first-order chi connectivity index (χ1) is 12.8. The highest BCUT2D eigenvalue weighted by atomic mass is 19.1. The number of aryl methyl sites for hydroxylation is 2. The summed E-state index contributed by atoms with van der Waals surface area (Å²) in [6.45, 7) is 2.68. The number of nitrogens with one attached hydrogen (secondary N) is 2. The van der Waals surface area contributed by atoms with Gasteiger partial charge in [-0.3, -0.25) is 14.4 Å². The molecule has 0 atom stereocenters. The molecule has 0 aliphatic rings. The number of esters is 1. The molecular formula is C19H18F2N2O4. The van der Waals surface area contributed by atoms with E-state index in [0.29, 0.717) is 11.6 Å². The van der Waals surface area contributed by atoms with Crippen molar-refractivity contribution in [3.8, 4) is 0 Å². The number of halogens is 2. The fourth-order valence-corrected chi connectivity index (χ4v) is 2.11. The van der Waals surface area contributed by atoms with Gasteiger partial charge in [0.1, 0.15) is 18.2 Å². The Balaban J connectivity index is 1.77. The summed E-state index contributed by atoms with van der Waals surface area (Å²) in [5.41, 5.74) is 2.14. The summed E-state index contributed by atoms with van der Waals surface area (Å²) in [5, 5.41) is 4.54. The number of benzene rings is 2. The molecule has 6 nitrogen and oxygen atoms in total. The third kappa shape index (κ3) is 5.88. The van der Waals surface area contributed by atoms with Crippen molar-refractivity contribution >= 4 is 23.5 Å². The quantitative estimate of drug-likeness (QED) is 0.759. The molecule has 0 saturated heterocycles. The average Bonchev–Trinajstić information content (AvgIpc) is 2.62. The maximum absolute atomic E-state index is 13.4. The molecule has 2 rings (SSSR count). The minimum Gasteiger partial charge on any atom is -0.454 e. The first kappa shape index (κ1) is 20.0. The van der Waals surface area contributed by atoms with Crippen molar-refractivity contribution in [2.45, 2.75) is 13.8 Å². The molecule has 2 amide bonds. The zero-order valence-electron chi connectivity index (χ0n) is 14.8. The van der Waals surface area contributed by atoms with Crippen molar-refractivity contribution < 1.29 is 27.9 Å². The van der Waals surface area contributed by atoms with Crippen molar-refractivity contribution in [1.29, 1.82) is 0 Å². The number of anilines is 1. The fourth-order valence-electron chi connectivity index (χ4n) is 2.11. The lowest BCUT2D eigenvalue weighted by Crippen LogP contribution is -2.32. The second-order valence-corrected chi connectivity index (χ2v) is 5.81. The lowest BCUT2D eigenvalue weighted by Gasteiger charge is -2.09. The van der Waals surface area contributed by atoms with Gasteiger partial charge in [0.2, 0.25) is 0 Å². The van der Waals surface area contributed by atoms with Gasteiger partial charge >= 0.3 is 5.97 Å². The van der Waals surface area contributed by atoms with Gasteiger partial charge in [-0.15, -0.1) is 0 Å². The van der Waals surface area contributed by atoms with E-state index in [1.165, 1.54) is 0 Å². The van der Waals surface area contributed by atoms with Gasteiger partial charge in [-0.2, -0.15) is 0 Å². The Labute approximate surface area is 154 Å². The van der Waals surface area contributed by atoms with E-state index >= 15 is 0 Å². The third-order valence-electron chi connectivity index (χ3n) is 3.73. The van der Waals surface area contributed by atoms with Crippen LogP contribution in [-0.4, -0.2) is 30.9 Å². The Bertz CT molecular complexity index is 884. The number of rotatable bonds is 6. The van der Waals surface area contributed by atoms with Gasteiger partial charge in [-0.05, 0) is 49.2 Å². The maximum atomic E-state index is 13.4. The highest BCUT2D eigenvalue weighted by molar-refractivity contribution is 5.96. The van der Waals surface area contributed by atoms with E-state index in [0.717, 1.165) is 23.3 Å². The van der Waals surface area contributed by atoms with E-state index in [9.17, 15) is 23.2 Å². The van der Waals surface area contributed by atoms with E-state index in [4.69, 9.17) is 4.74 Å². The zero-order chi connectivity index (χ0) is 20.0. The molecule has 2 N–H and O–H groups in total. The van der Waals surface area contributed by atoms with Gasteiger partial charge in [0.05, 0.1) is 5.69 Å². The third-order valence-corrected chi connectivity index (χ3v) is 3.73. The van der Waals surface area contributed by atoms with E-state index in [-0.39, 0.29) is 5.69 Å². The van der Waals surface area contributed by atoms with Gasteiger partial charge in [-0.1, -0.05) is 6.07 Å². The van der Waals surface area contributed by atoms with Crippen molar-refractivity contribution in [1.82, 2.24) is 5.32 Å². The van der Waals surface area contributed by atoms with Crippen LogP contribution in [0.1, 0.15) is 21.5 Å². The zero-order valence-corrected chi connectivity index (χ0v) is 14.8. The molecule has 0 fully saturated rings. The second kappa shape index (κ2) is 8.88. The Kier molecular flexibility index (Phi) is 6.59. The fraction of sp³-hybridized carbons (Fsp3) is 0.211. The van der Waals surface area contributed by atoms with Crippen LogP contribution in [0.4, 0.5) is 14.5 Å². The summed E-state index contributed by atoms with van der Waals surface area (Å²) in [6, 6.07) is 7.76. The van der Waals surface area contributed by atoms with Crippen molar-refractivity contribution in [2.24, 2.45) is 0 Å². The highest BCUT2D eigenvalue weighted by Gasteiger charge is 2.13. The van der Waals surface area contributed by atoms with Crippen LogP contribution in [0.15, 0.2) is 36.4 Å². The Morgan fingerprint density at radius 1 is 1.00 bits per heavy atom. The smallest absolute Gasteiger partial charge is 0.325 e. The molecule has 2 aromatic rings. The lowest BCUT2D eigenvalue weighted by atomic mass is 10.1. The Morgan fingerprint density at radius 2 is 1.74 bits per heavy atom. The number of carbonyl (C=O) groups excluding carboxylic acids is 3. The molecule has 0 saturated carbocycles. The molecule has 8 heteroatoms. The minimum absolute atomic E-state index is 0.236. The maximum Gasteiger partial charge on any atom is 0.325 e. The summed E-state index contributed by atoms with van der Waals surface area (Å²) in [4.78, 5) is 35.3. The lowest BCUT2D eigenvalue weighted by molar-refractivity contribution is -0.146. The molecule has 0 aliphatic heterocycles. The Morgan fingerprint density at radius 3 is 2.41 bits per heavy atom. The molecule has 0 bridgehead atoms. The highest BCUT2D eigenvalue weighted by Crippen LogP contribution is 2.14. The predicted octanol–water partition coefficient (Wildman–Crippen LogP) is 2.49.